The number of amides is 1. The van der Waals surface area contributed by atoms with Crippen molar-refractivity contribution in [2.45, 2.75) is 13.5 Å². The average molecular weight is 381 g/mol. The molecule has 4 heteroatoms. The van der Waals surface area contributed by atoms with Crippen molar-refractivity contribution >= 4 is 39.1 Å². The average Bonchev–Trinajstić information content (AvgIpc) is 3.02. The Bertz CT molecular complexity index is 1280. The molecule has 29 heavy (non-hydrogen) atoms. The molecule has 0 aliphatic carbocycles. The lowest BCUT2D eigenvalue weighted by atomic mass is 9.92. The molecule has 4 aromatic rings. The molecule has 4 aromatic carbocycles. The number of nitrogens with zero attached hydrogens (tertiary/aromatic N) is 1. The van der Waals surface area contributed by atoms with E-state index in [9.17, 15) is 9.59 Å². The Kier molecular flexibility index (Phi) is 4.06. The number of anilines is 1. The summed E-state index contributed by atoms with van der Waals surface area (Å²) in [6, 6.07) is 23.5. The largest absolute Gasteiger partial charge is 0.462 e. The van der Waals surface area contributed by atoms with Gasteiger partial charge < -0.3 is 9.64 Å². The Morgan fingerprint density at radius 3 is 2.31 bits per heavy atom. The third-order valence-corrected chi connectivity index (χ3v) is 5.44. The Labute approximate surface area is 168 Å². The van der Waals surface area contributed by atoms with E-state index in [0.717, 1.165) is 32.8 Å². The van der Waals surface area contributed by atoms with E-state index in [-0.39, 0.29) is 12.5 Å². The standard InChI is InChI=1S/C25H19NO3/c1-2-29-25(28)22-19-12-7-6-11-17(19)18-13-8-14-20-21(18)23(22)24(27)26(20)15-16-9-4-3-5-10-16/h3-14H,2,15H2,1H3. The van der Waals surface area contributed by atoms with Crippen LogP contribution in [0, 0.1) is 0 Å². The number of benzene rings is 4. The second kappa shape index (κ2) is 6.74. The summed E-state index contributed by atoms with van der Waals surface area (Å²) in [7, 11) is 0. The van der Waals surface area contributed by atoms with E-state index in [1.54, 1.807) is 11.8 Å². The molecule has 0 saturated heterocycles. The van der Waals surface area contributed by atoms with Crippen molar-refractivity contribution in [2.75, 3.05) is 11.5 Å². The first-order valence-corrected chi connectivity index (χ1v) is 9.71. The number of hydrogen-bond donors (Lipinski definition) is 0. The van der Waals surface area contributed by atoms with Gasteiger partial charge in [-0.2, -0.15) is 0 Å². The van der Waals surface area contributed by atoms with Crippen molar-refractivity contribution in [3.63, 3.8) is 0 Å². The van der Waals surface area contributed by atoms with Crippen molar-refractivity contribution in [3.05, 3.63) is 89.5 Å². The molecule has 1 aliphatic rings. The zero-order valence-electron chi connectivity index (χ0n) is 16.0. The van der Waals surface area contributed by atoms with Gasteiger partial charge in [-0.05, 0) is 34.7 Å². The molecule has 142 valence electrons. The molecule has 0 atom stereocenters. The SMILES string of the molecule is CCOC(=O)c1c2c3c(cccc3c3ccccc13)N(Cc1ccccc1)C2=O. The molecule has 0 N–H and O–H groups in total. The van der Waals surface area contributed by atoms with Gasteiger partial charge in [0.1, 0.15) is 0 Å². The molecule has 0 saturated carbocycles. The highest BCUT2D eigenvalue weighted by Gasteiger charge is 2.36. The monoisotopic (exact) mass is 381 g/mol. The minimum absolute atomic E-state index is 0.158. The fourth-order valence-electron chi connectivity index (χ4n) is 4.24. The van der Waals surface area contributed by atoms with Gasteiger partial charge in [-0.1, -0.05) is 66.7 Å². The molecular formula is C25H19NO3. The number of hydrogen-bond acceptors (Lipinski definition) is 3. The molecule has 0 bridgehead atoms. The molecule has 0 unspecified atom stereocenters. The summed E-state index contributed by atoms with van der Waals surface area (Å²) in [5.41, 5.74) is 2.68. The normalized spacial score (nSPS) is 12.7. The quantitative estimate of drug-likeness (QED) is 0.355. The molecule has 0 aromatic heterocycles. The highest BCUT2D eigenvalue weighted by Crippen LogP contribution is 2.44. The van der Waals surface area contributed by atoms with E-state index in [1.807, 2.05) is 72.8 Å². The number of carbonyl (C=O) groups excluding carboxylic acids is 2. The summed E-state index contributed by atoms with van der Waals surface area (Å²) in [6.07, 6.45) is 0. The summed E-state index contributed by atoms with van der Waals surface area (Å²) in [4.78, 5) is 28.3. The van der Waals surface area contributed by atoms with Crippen LogP contribution in [0.1, 0.15) is 33.2 Å². The first kappa shape index (κ1) is 17.4. The molecule has 1 aliphatic heterocycles. The first-order valence-electron chi connectivity index (χ1n) is 9.71. The Morgan fingerprint density at radius 2 is 1.55 bits per heavy atom. The van der Waals surface area contributed by atoms with Gasteiger partial charge in [-0.15, -0.1) is 0 Å². The number of esters is 1. The van der Waals surface area contributed by atoms with Crippen LogP contribution in [0.3, 0.4) is 0 Å². The molecule has 4 nitrogen and oxygen atoms in total. The highest BCUT2D eigenvalue weighted by atomic mass is 16.5. The van der Waals surface area contributed by atoms with Crippen molar-refractivity contribution in [1.29, 1.82) is 0 Å². The second-order valence-corrected chi connectivity index (χ2v) is 7.09. The summed E-state index contributed by atoms with van der Waals surface area (Å²) >= 11 is 0. The van der Waals surface area contributed by atoms with Gasteiger partial charge in [-0.3, -0.25) is 4.79 Å². The number of ether oxygens (including phenoxy) is 1. The molecule has 0 radical (unpaired) electrons. The van der Waals surface area contributed by atoms with Crippen molar-refractivity contribution in [1.82, 2.24) is 0 Å². The predicted molar refractivity (Wildman–Crippen MR) is 114 cm³/mol. The zero-order chi connectivity index (χ0) is 20.0. The minimum atomic E-state index is -0.453. The van der Waals surface area contributed by atoms with Gasteiger partial charge in [0.15, 0.2) is 0 Å². The lowest BCUT2D eigenvalue weighted by molar-refractivity contribution is 0.0526. The Hall–Kier alpha value is -3.66. The molecule has 5 rings (SSSR count). The van der Waals surface area contributed by atoms with Crippen LogP contribution in [0.2, 0.25) is 0 Å². The molecule has 0 fully saturated rings. The summed E-state index contributed by atoms with van der Waals surface area (Å²) in [5, 5.41) is 3.51. The van der Waals surface area contributed by atoms with E-state index in [0.29, 0.717) is 17.7 Å². The van der Waals surface area contributed by atoms with Gasteiger partial charge in [0, 0.05) is 5.39 Å². The third kappa shape index (κ3) is 2.60. The topological polar surface area (TPSA) is 46.6 Å². The van der Waals surface area contributed by atoms with Gasteiger partial charge in [0.05, 0.1) is 30.0 Å². The fraction of sp³-hybridized carbons (Fsp3) is 0.120. The number of carbonyl (C=O) groups is 2. The van der Waals surface area contributed by atoms with Crippen molar-refractivity contribution in [3.8, 4) is 0 Å². The second-order valence-electron chi connectivity index (χ2n) is 7.09. The molecule has 0 spiro atoms. The van der Waals surface area contributed by atoms with Crippen LogP contribution in [0.5, 0.6) is 0 Å². The summed E-state index contributed by atoms with van der Waals surface area (Å²) in [6.45, 7) is 2.48. The van der Waals surface area contributed by atoms with Crippen LogP contribution >= 0.6 is 0 Å². The van der Waals surface area contributed by atoms with Gasteiger partial charge >= 0.3 is 5.97 Å². The van der Waals surface area contributed by atoms with Crippen LogP contribution < -0.4 is 4.90 Å². The van der Waals surface area contributed by atoms with Gasteiger partial charge in [-0.25, -0.2) is 4.79 Å². The van der Waals surface area contributed by atoms with E-state index in [4.69, 9.17) is 4.74 Å². The highest BCUT2D eigenvalue weighted by molar-refractivity contribution is 6.34. The lowest BCUT2D eigenvalue weighted by Crippen LogP contribution is -2.27. The molecular weight excluding hydrogens is 362 g/mol. The maximum atomic E-state index is 13.6. The van der Waals surface area contributed by atoms with E-state index < -0.39 is 5.97 Å². The van der Waals surface area contributed by atoms with E-state index >= 15 is 0 Å². The third-order valence-electron chi connectivity index (χ3n) is 5.44. The number of fused-ring (bicyclic) bond motifs is 2. The summed E-state index contributed by atoms with van der Waals surface area (Å²) in [5.74, 6) is -0.612. The maximum Gasteiger partial charge on any atom is 0.339 e. The molecule has 1 amide bonds. The summed E-state index contributed by atoms with van der Waals surface area (Å²) < 4.78 is 5.34. The minimum Gasteiger partial charge on any atom is -0.462 e. The van der Waals surface area contributed by atoms with Gasteiger partial charge in [0.2, 0.25) is 0 Å². The Balaban J connectivity index is 1.81. The Morgan fingerprint density at radius 1 is 0.862 bits per heavy atom. The van der Waals surface area contributed by atoms with Crippen LogP contribution in [0.25, 0.3) is 21.5 Å². The van der Waals surface area contributed by atoms with Crippen LogP contribution in [0.15, 0.2) is 72.8 Å². The lowest BCUT2D eigenvalue weighted by Gasteiger charge is -2.17. The van der Waals surface area contributed by atoms with E-state index in [1.165, 1.54) is 0 Å². The smallest absolute Gasteiger partial charge is 0.339 e. The first-order chi connectivity index (χ1) is 14.2. The zero-order valence-corrected chi connectivity index (χ0v) is 16.0. The number of rotatable bonds is 4. The fourth-order valence-corrected chi connectivity index (χ4v) is 4.24. The van der Waals surface area contributed by atoms with Gasteiger partial charge in [0.25, 0.3) is 5.91 Å². The van der Waals surface area contributed by atoms with Crippen molar-refractivity contribution in [2.24, 2.45) is 0 Å². The van der Waals surface area contributed by atoms with Crippen LogP contribution in [-0.4, -0.2) is 18.5 Å². The van der Waals surface area contributed by atoms with E-state index in [2.05, 4.69) is 0 Å². The van der Waals surface area contributed by atoms with Crippen molar-refractivity contribution < 1.29 is 14.3 Å². The predicted octanol–water partition coefficient (Wildman–Crippen LogP) is 5.33. The molecule has 1 heterocycles. The maximum absolute atomic E-state index is 13.6. The van der Waals surface area contributed by atoms with Crippen LogP contribution in [0.4, 0.5) is 5.69 Å². The van der Waals surface area contributed by atoms with Crippen LogP contribution in [-0.2, 0) is 11.3 Å².